The lowest BCUT2D eigenvalue weighted by molar-refractivity contribution is -0.130. The first-order valence-electron chi connectivity index (χ1n) is 4.71. The second-order valence-electron chi connectivity index (χ2n) is 3.46. The molecule has 0 heterocycles. The Labute approximate surface area is 94.1 Å². The molecule has 1 rings (SSSR count). The van der Waals surface area contributed by atoms with Gasteiger partial charge in [-0.05, 0) is 25.5 Å². The van der Waals surface area contributed by atoms with Crippen LogP contribution in [0.5, 0.6) is 17.2 Å². The lowest BCUT2D eigenvalue weighted by atomic mass is 10.2. The van der Waals surface area contributed by atoms with Crippen LogP contribution in [0, 0.1) is 6.92 Å². The van der Waals surface area contributed by atoms with Gasteiger partial charge in [0.25, 0.3) is 0 Å². The number of carbonyl (C=O) groups is 1. The molecule has 1 N–H and O–H groups in total. The number of rotatable bonds is 3. The minimum atomic E-state index is -0.504. The zero-order chi connectivity index (χ0) is 12.3. The van der Waals surface area contributed by atoms with Gasteiger partial charge in [-0.1, -0.05) is 6.58 Å². The van der Waals surface area contributed by atoms with E-state index in [9.17, 15) is 9.90 Å². The van der Waals surface area contributed by atoms with E-state index in [0.717, 1.165) is 0 Å². The number of benzene rings is 1. The maximum absolute atomic E-state index is 11.3. The highest BCUT2D eigenvalue weighted by atomic mass is 16.5. The van der Waals surface area contributed by atoms with E-state index < -0.39 is 5.97 Å². The molecule has 4 nitrogen and oxygen atoms in total. The van der Waals surface area contributed by atoms with Gasteiger partial charge in [0.2, 0.25) is 0 Å². The van der Waals surface area contributed by atoms with Crippen LogP contribution in [0.1, 0.15) is 12.5 Å². The van der Waals surface area contributed by atoms with E-state index in [1.807, 2.05) is 0 Å². The van der Waals surface area contributed by atoms with Gasteiger partial charge in [0.1, 0.15) is 5.75 Å². The summed E-state index contributed by atoms with van der Waals surface area (Å²) in [7, 11) is 1.43. The van der Waals surface area contributed by atoms with Crippen molar-refractivity contribution in [1.82, 2.24) is 0 Å². The van der Waals surface area contributed by atoms with Crippen molar-refractivity contribution in [1.29, 1.82) is 0 Å². The summed E-state index contributed by atoms with van der Waals surface area (Å²) in [5, 5.41) is 9.48. The first kappa shape index (κ1) is 12.1. The monoisotopic (exact) mass is 222 g/mol. The Kier molecular flexibility index (Phi) is 3.55. The summed E-state index contributed by atoms with van der Waals surface area (Å²) in [6.45, 7) is 6.77. The third kappa shape index (κ3) is 2.53. The smallest absolute Gasteiger partial charge is 0.338 e. The van der Waals surface area contributed by atoms with Crippen LogP contribution in [-0.2, 0) is 4.79 Å². The topological polar surface area (TPSA) is 55.8 Å². The summed E-state index contributed by atoms with van der Waals surface area (Å²) in [6.07, 6.45) is 0. The summed E-state index contributed by atoms with van der Waals surface area (Å²) >= 11 is 0. The molecule has 0 fully saturated rings. The highest BCUT2D eigenvalue weighted by Crippen LogP contribution is 2.33. The van der Waals surface area contributed by atoms with Crippen LogP contribution in [-0.4, -0.2) is 18.2 Å². The van der Waals surface area contributed by atoms with Crippen molar-refractivity contribution in [3.05, 3.63) is 29.8 Å². The van der Waals surface area contributed by atoms with Gasteiger partial charge in [0, 0.05) is 11.6 Å². The normalized spacial score (nSPS) is 9.69. The molecule has 0 saturated carbocycles. The van der Waals surface area contributed by atoms with E-state index in [2.05, 4.69) is 6.58 Å². The number of methoxy groups -OCH3 is 1. The molecule has 0 atom stereocenters. The molecular weight excluding hydrogens is 208 g/mol. The zero-order valence-corrected chi connectivity index (χ0v) is 9.53. The van der Waals surface area contributed by atoms with Crippen molar-refractivity contribution < 1.29 is 19.4 Å². The molecule has 1 aromatic rings. The third-order valence-electron chi connectivity index (χ3n) is 2.03. The first-order chi connectivity index (χ1) is 7.45. The second-order valence-corrected chi connectivity index (χ2v) is 3.46. The van der Waals surface area contributed by atoms with Crippen LogP contribution in [0.3, 0.4) is 0 Å². The van der Waals surface area contributed by atoms with E-state index in [1.54, 1.807) is 13.8 Å². The number of aryl methyl sites for hydroxylation is 1. The van der Waals surface area contributed by atoms with Crippen LogP contribution in [0.2, 0.25) is 0 Å². The Morgan fingerprint density at radius 2 is 2.00 bits per heavy atom. The quantitative estimate of drug-likeness (QED) is 0.484. The van der Waals surface area contributed by atoms with Crippen LogP contribution in [0.25, 0.3) is 0 Å². The van der Waals surface area contributed by atoms with Crippen molar-refractivity contribution in [3.8, 4) is 17.2 Å². The first-order valence-corrected chi connectivity index (χ1v) is 4.71. The molecule has 1 aromatic carbocycles. The number of hydrogen-bond donors (Lipinski definition) is 1. The molecule has 0 saturated heterocycles. The van der Waals surface area contributed by atoms with Gasteiger partial charge in [0.05, 0.1) is 7.11 Å². The van der Waals surface area contributed by atoms with Crippen molar-refractivity contribution >= 4 is 5.97 Å². The molecule has 86 valence electrons. The number of esters is 1. The summed E-state index contributed by atoms with van der Waals surface area (Å²) < 4.78 is 9.99. The average molecular weight is 222 g/mol. The second kappa shape index (κ2) is 4.70. The molecule has 0 spiro atoms. The molecule has 0 aliphatic rings. The highest BCUT2D eigenvalue weighted by molar-refractivity contribution is 5.89. The fraction of sp³-hybridized carbons (Fsp3) is 0.250. The molecule has 0 unspecified atom stereocenters. The summed E-state index contributed by atoms with van der Waals surface area (Å²) in [5.74, 6) is 0.115. The van der Waals surface area contributed by atoms with E-state index in [1.165, 1.54) is 19.2 Å². The standard InChI is InChI=1S/C12H14O4/c1-7(2)12(14)16-10-6-11(15-4)9(13)5-8(10)3/h5-6,13H,1H2,2-4H3. The van der Waals surface area contributed by atoms with Gasteiger partial charge in [-0.3, -0.25) is 0 Å². The van der Waals surface area contributed by atoms with Crippen molar-refractivity contribution in [2.45, 2.75) is 13.8 Å². The van der Waals surface area contributed by atoms with Crippen LogP contribution in [0.15, 0.2) is 24.3 Å². The van der Waals surface area contributed by atoms with Crippen LogP contribution in [0.4, 0.5) is 0 Å². The fourth-order valence-corrected chi connectivity index (χ4v) is 1.11. The molecule has 0 amide bonds. The SMILES string of the molecule is C=C(C)C(=O)Oc1cc(OC)c(O)cc1C. The Morgan fingerprint density at radius 3 is 2.50 bits per heavy atom. The number of phenols is 1. The van der Waals surface area contributed by atoms with Crippen molar-refractivity contribution in [2.75, 3.05) is 7.11 Å². The van der Waals surface area contributed by atoms with Gasteiger partial charge in [-0.25, -0.2) is 4.79 Å². The number of hydrogen-bond acceptors (Lipinski definition) is 4. The van der Waals surface area contributed by atoms with Gasteiger partial charge in [0.15, 0.2) is 11.5 Å². The van der Waals surface area contributed by atoms with Crippen molar-refractivity contribution in [2.24, 2.45) is 0 Å². The van der Waals surface area contributed by atoms with Crippen LogP contribution >= 0.6 is 0 Å². The average Bonchev–Trinajstić information content (AvgIpc) is 2.21. The number of ether oxygens (including phenoxy) is 2. The van der Waals surface area contributed by atoms with Gasteiger partial charge >= 0.3 is 5.97 Å². The lowest BCUT2D eigenvalue weighted by Crippen LogP contribution is -2.09. The molecule has 16 heavy (non-hydrogen) atoms. The molecule has 0 aliphatic heterocycles. The Morgan fingerprint density at radius 1 is 1.38 bits per heavy atom. The zero-order valence-electron chi connectivity index (χ0n) is 9.53. The molecule has 0 bridgehead atoms. The van der Waals surface area contributed by atoms with E-state index in [0.29, 0.717) is 16.9 Å². The summed E-state index contributed by atoms with van der Waals surface area (Å²) in [5.41, 5.74) is 0.958. The van der Waals surface area contributed by atoms with E-state index in [-0.39, 0.29) is 11.5 Å². The Balaban J connectivity index is 3.05. The highest BCUT2D eigenvalue weighted by Gasteiger charge is 2.12. The molecule has 0 aliphatic carbocycles. The van der Waals surface area contributed by atoms with E-state index >= 15 is 0 Å². The number of phenolic OH excluding ortho intramolecular Hbond substituents is 1. The van der Waals surface area contributed by atoms with E-state index in [4.69, 9.17) is 9.47 Å². The minimum absolute atomic E-state index is 0.00937. The summed E-state index contributed by atoms with van der Waals surface area (Å²) in [4.78, 5) is 11.3. The molecular formula is C12H14O4. The minimum Gasteiger partial charge on any atom is -0.504 e. The molecule has 4 heteroatoms. The predicted octanol–water partition coefficient (Wildman–Crippen LogP) is 2.19. The van der Waals surface area contributed by atoms with Crippen LogP contribution < -0.4 is 9.47 Å². The van der Waals surface area contributed by atoms with Gasteiger partial charge in [-0.2, -0.15) is 0 Å². The Bertz CT molecular complexity index is 435. The maximum Gasteiger partial charge on any atom is 0.338 e. The largest absolute Gasteiger partial charge is 0.504 e. The molecule has 0 aromatic heterocycles. The number of carbonyl (C=O) groups excluding carboxylic acids is 1. The summed E-state index contributed by atoms with van der Waals surface area (Å²) in [6, 6.07) is 2.94. The van der Waals surface area contributed by atoms with Crippen molar-refractivity contribution in [3.63, 3.8) is 0 Å². The van der Waals surface area contributed by atoms with Gasteiger partial charge in [-0.15, -0.1) is 0 Å². The van der Waals surface area contributed by atoms with Gasteiger partial charge < -0.3 is 14.6 Å². The Hall–Kier alpha value is -1.97. The number of aromatic hydroxyl groups is 1. The fourth-order valence-electron chi connectivity index (χ4n) is 1.11. The maximum atomic E-state index is 11.3. The lowest BCUT2D eigenvalue weighted by Gasteiger charge is -2.10. The predicted molar refractivity (Wildman–Crippen MR) is 59.8 cm³/mol. The molecule has 0 radical (unpaired) electrons. The third-order valence-corrected chi connectivity index (χ3v) is 2.03.